The van der Waals surface area contributed by atoms with Gasteiger partial charge in [0.25, 0.3) is 0 Å². The standard InChI is InChI=1S/C11H11N3S/c12-11(15)10-3-1-9(2-4-10)7-14-6-5-13-8-14/h1-6,8H,7H2,(H2,12,15). The van der Waals surface area contributed by atoms with Crippen molar-refractivity contribution in [2.24, 2.45) is 5.73 Å². The van der Waals surface area contributed by atoms with E-state index < -0.39 is 0 Å². The van der Waals surface area contributed by atoms with Crippen LogP contribution in [0.3, 0.4) is 0 Å². The molecular weight excluding hydrogens is 206 g/mol. The molecule has 2 rings (SSSR count). The number of nitrogens with two attached hydrogens (primary N) is 1. The van der Waals surface area contributed by atoms with E-state index in [1.807, 2.05) is 35.0 Å². The maximum absolute atomic E-state index is 5.52. The van der Waals surface area contributed by atoms with Crippen LogP contribution in [0.4, 0.5) is 0 Å². The van der Waals surface area contributed by atoms with Gasteiger partial charge in [-0.15, -0.1) is 0 Å². The maximum Gasteiger partial charge on any atom is 0.103 e. The van der Waals surface area contributed by atoms with Gasteiger partial charge in [0.15, 0.2) is 0 Å². The first-order valence-corrected chi connectivity index (χ1v) is 5.01. The third-order valence-electron chi connectivity index (χ3n) is 2.16. The molecule has 0 aliphatic carbocycles. The molecule has 0 bridgehead atoms. The van der Waals surface area contributed by atoms with Gasteiger partial charge in [0.1, 0.15) is 4.99 Å². The van der Waals surface area contributed by atoms with Gasteiger partial charge < -0.3 is 10.3 Å². The number of rotatable bonds is 3. The third-order valence-corrected chi connectivity index (χ3v) is 2.40. The van der Waals surface area contributed by atoms with Crippen molar-refractivity contribution < 1.29 is 0 Å². The molecule has 0 atom stereocenters. The van der Waals surface area contributed by atoms with Crippen LogP contribution in [0, 0.1) is 0 Å². The lowest BCUT2D eigenvalue weighted by Gasteiger charge is -2.03. The average molecular weight is 217 g/mol. The second-order valence-corrected chi connectivity index (χ2v) is 3.74. The topological polar surface area (TPSA) is 43.8 Å². The summed E-state index contributed by atoms with van der Waals surface area (Å²) in [7, 11) is 0. The molecule has 76 valence electrons. The lowest BCUT2D eigenvalue weighted by Crippen LogP contribution is -2.09. The van der Waals surface area contributed by atoms with Crippen LogP contribution in [-0.4, -0.2) is 14.5 Å². The van der Waals surface area contributed by atoms with Crippen LogP contribution in [0.2, 0.25) is 0 Å². The molecule has 2 N–H and O–H groups in total. The monoisotopic (exact) mass is 217 g/mol. The minimum Gasteiger partial charge on any atom is -0.389 e. The Morgan fingerprint density at radius 3 is 2.60 bits per heavy atom. The van der Waals surface area contributed by atoms with Crippen molar-refractivity contribution >= 4 is 17.2 Å². The molecule has 0 saturated carbocycles. The van der Waals surface area contributed by atoms with Gasteiger partial charge in [-0.2, -0.15) is 0 Å². The van der Waals surface area contributed by atoms with Crippen LogP contribution in [0.5, 0.6) is 0 Å². The molecule has 1 aromatic heterocycles. The van der Waals surface area contributed by atoms with E-state index in [0.29, 0.717) is 4.99 Å². The van der Waals surface area contributed by atoms with E-state index in [4.69, 9.17) is 18.0 Å². The summed E-state index contributed by atoms with van der Waals surface area (Å²) in [6.07, 6.45) is 5.49. The van der Waals surface area contributed by atoms with Crippen molar-refractivity contribution in [2.75, 3.05) is 0 Å². The fourth-order valence-corrected chi connectivity index (χ4v) is 1.50. The van der Waals surface area contributed by atoms with Crippen LogP contribution in [-0.2, 0) is 6.54 Å². The number of hydrogen-bond donors (Lipinski definition) is 1. The Labute approximate surface area is 93.6 Å². The zero-order valence-electron chi connectivity index (χ0n) is 8.13. The summed E-state index contributed by atoms with van der Waals surface area (Å²) in [5.41, 5.74) is 7.62. The molecule has 0 unspecified atom stereocenters. The number of nitrogens with zero attached hydrogens (tertiary/aromatic N) is 2. The molecule has 2 aromatic rings. The number of aromatic nitrogens is 2. The molecule has 0 aliphatic heterocycles. The summed E-state index contributed by atoms with van der Waals surface area (Å²) in [6.45, 7) is 0.817. The Hall–Kier alpha value is -1.68. The summed E-state index contributed by atoms with van der Waals surface area (Å²) in [4.78, 5) is 4.42. The zero-order valence-corrected chi connectivity index (χ0v) is 8.95. The van der Waals surface area contributed by atoms with Crippen molar-refractivity contribution in [3.05, 3.63) is 54.1 Å². The normalized spacial score (nSPS) is 10.1. The van der Waals surface area contributed by atoms with Gasteiger partial charge in [0.2, 0.25) is 0 Å². The highest BCUT2D eigenvalue weighted by Gasteiger charge is 1.97. The van der Waals surface area contributed by atoms with Crippen LogP contribution in [0.25, 0.3) is 0 Å². The van der Waals surface area contributed by atoms with Crippen molar-refractivity contribution in [3.8, 4) is 0 Å². The van der Waals surface area contributed by atoms with E-state index >= 15 is 0 Å². The van der Waals surface area contributed by atoms with Crippen molar-refractivity contribution in [3.63, 3.8) is 0 Å². The molecule has 1 aromatic carbocycles. The fourth-order valence-electron chi connectivity index (χ4n) is 1.37. The molecule has 1 heterocycles. The van der Waals surface area contributed by atoms with E-state index in [1.54, 1.807) is 12.5 Å². The van der Waals surface area contributed by atoms with E-state index in [2.05, 4.69) is 4.98 Å². The molecule has 0 aliphatic rings. The quantitative estimate of drug-likeness (QED) is 0.794. The van der Waals surface area contributed by atoms with Gasteiger partial charge in [-0.25, -0.2) is 4.98 Å². The van der Waals surface area contributed by atoms with Crippen molar-refractivity contribution in [2.45, 2.75) is 6.54 Å². The smallest absolute Gasteiger partial charge is 0.103 e. The highest BCUT2D eigenvalue weighted by molar-refractivity contribution is 7.80. The molecule has 4 heteroatoms. The summed E-state index contributed by atoms with van der Waals surface area (Å²) < 4.78 is 2.01. The summed E-state index contributed by atoms with van der Waals surface area (Å²) in [6, 6.07) is 7.92. The molecule has 15 heavy (non-hydrogen) atoms. The summed E-state index contributed by atoms with van der Waals surface area (Å²) in [5, 5.41) is 0. The SMILES string of the molecule is NC(=S)c1ccc(Cn2ccnc2)cc1. The highest BCUT2D eigenvalue weighted by atomic mass is 32.1. The average Bonchev–Trinajstić information content (AvgIpc) is 2.71. The number of hydrogen-bond acceptors (Lipinski definition) is 2. The number of thiocarbonyl (C=S) groups is 1. The minimum atomic E-state index is 0.434. The summed E-state index contributed by atoms with van der Waals surface area (Å²) in [5.74, 6) is 0. The Morgan fingerprint density at radius 2 is 2.07 bits per heavy atom. The molecule has 0 spiro atoms. The van der Waals surface area contributed by atoms with Crippen LogP contribution in [0.1, 0.15) is 11.1 Å². The Balaban J connectivity index is 2.14. The maximum atomic E-state index is 5.52. The summed E-state index contributed by atoms with van der Waals surface area (Å²) >= 11 is 4.88. The molecule has 0 saturated heterocycles. The van der Waals surface area contributed by atoms with E-state index in [1.165, 1.54) is 5.56 Å². The molecular formula is C11H11N3S. The second kappa shape index (κ2) is 4.23. The molecule has 0 fully saturated rings. The van der Waals surface area contributed by atoms with Gasteiger partial charge in [0.05, 0.1) is 6.33 Å². The van der Waals surface area contributed by atoms with Gasteiger partial charge in [0, 0.05) is 24.5 Å². The predicted molar refractivity (Wildman–Crippen MR) is 63.7 cm³/mol. The Bertz CT molecular complexity index is 445. The largest absolute Gasteiger partial charge is 0.389 e. The molecule has 0 radical (unpaired) electrons. The van der Waals surface area contributed by atoms with E-state index in [9.17, 15) is 0 Å². The molecule has 3 nitrogen and oxygen atoms in total. The van der Waals surface area contributed by atoms with Gasteiger partial charge in [-0.3, -0.25) is 0 Å². The van der Waals surface area contributed by atoms with Crippen molar-refractivity contribution in [1.82, 2.24) is 9.55 Å². The van der Waals surface area contributed by atoms with Crippen molar-refractivity contribution in [1.29, 1.82) is 0 Å². The van der Waals surface area contributed by atoms with Gasteiger partial charge >= 0.3 is 0 Å². The lowest BCUT2D eigenvalue weighted by molar-refractivity contribution is 0.797. The zero-order chi connectivity index (χ0) is 10.7. The van der Waals surface area contributed by atoms with Crippen LogP contribution < -0.4 is 5.73 Å². The first-order valence-electron chi connectivity index (χ1n) is 4.60. The lowest BCUT2D eigenvalue weighted by atomic mass is 10.1. The van der Waals surface area contributed by atoms with Crippen LogP contribution in [0.15, 0.2) is 43.0 Å². The predicted octanol–water partition coefficient (Wildman–Crippen LogP) is 1.57. The number of benzene rings is 1. The molecule has 0 amide bonds. The highest BCUT2D eigenvalue weighted by Crippen LogP contribution is 2.06. The fraction of sp³-hybridized carbons (Fsp3) is 0.0909. The van der Waals surface area contributed by atoms with Gasteiger partial charge in [-0.1, -0.05) is 36.5 Å². The Morgan fingerprint density at radius 1 is 1.33 bits per heavy atom. The first kappa shape index (κ1) is 9.86. The van der Waals surface area contributed by atoms with E-state index in [0.717, 1.165) is 12.1 Å². The third kappa shape index (κ3) is 2.41. The first-order chi connectivity index (χ1) is 7.25. The van der Waals surface area contributed by atoms with Gasteiger partial charge in [-0.05, 0) is 5.56 Å². The van der Waals surface area contributed by atoms with E-state index in [-0.39, 0.29) is 0 Å². The number of imidazole rings is 1. The van der Waals surface area contributed by atoms with Crippen LogP contribution >= 0.6 is 12.2 Å². The minimum absolute atomic E-state index is 0.434. The second-order valence-electron chi connectivity index (χ2n) is 3.30. The Kier molecular flexibility index (Phi) is 2.78.